The third-order valence-corrected chi connectivity index (χ3v) is 1.68. The molecule has 0 aliphatic rings. The van der Waals surface area contributed by atoms with Gasteiger partial charge < -0.3 is 0 Å². The number of halogens is 1. The van der Waals surface area contributed by atoms with Crippen LogP contribution in [0.2, 0.25) is 5.02 Å². The summed E-state index contributed by atoms with van der Waals surface area (Å²) in [4.78, 5) is 0. The Bertz CT molecular complexity index is 353. The second kappa shape index (κ2) is 1.99. The standard InChI is InChI=1S/C7H4ClN2/c8-6-2-1-3-7-5(6)4-9-10-7/h2-4H,(H,9,10). The molecule has 0 spiro atoms. The Labute approximate surface area is 62.8 Å². The van der Waals surface area contributed by atoms with E-state index >= 15 is 0 Å². The Morgan fingerprint density at radius 1 is 1.50 bits per heavy atom. The zero-order valence-corrected chi connectivity index (χ0v) is 5.81. The summed E-state index contributed by atoms with van der Waals surface area (Å²) in [5.41, 5.74) is 0.924. The molecule has 2 aromatic rings. The zero-order chi connectivity index (χ0) is 6.97. The SMILES string of the molecule is Clc1c[c]cc2[nH]ncc12. The maximum atomic E-state index is 5.81. The molecule has 1 aromatic carbocycles. The molecule has 1 N–H and O–H groups in total. The van der Waals surface area contributed by atoms with Gasteiger partial charge in [0.2, 0.25) is 0 Å². The van der Waals surface area contributed by atoms with Gasteiger partial charge in [0.15, 0.2) is 0 Å². The summed E-state index contributed by atoms with van der Waals surface area (Å²) < 4.78 is 0. The van der Waals surface area contributed by atoms with Crippen LogP contribution in [0.3, 0.4) is 0 Å². The van der Waals surface area contributed by atoms with E-state index in [9.17, 15) is 0 Å². The third kappa shape index (κ3) is 0.693. The van der Waals surface area contributed by atoms with Crippen molar-refractivity contribution in [3.8, 4) is 0 Å². The minimum Gasteiger partial charge on any atom is -0.278 e. The van der Waals surface area contributed by atoms with E-state index in [1.54, 1.807) is 12.3 Å². The number of nitrogens with zero attached hydrogens (tertiary/aromatic N) is 1. The minimum atomic E-state index is 0.686. The fourth-order valence-electron chi connectivity index (χ4n) is 0.872. The molecule has 0 aliphatic carbocycles. The second-order valence-corrected chi connectivity index (χ2v) is 2.41. The Morgan fingerprint density at radius 3 is 3.20 bits per heavy atom. The van der Waals surface area contributed by atoms with Crippen molar-refractivity contribution in [2.24, 2.45) is 0 Å². The van der Waals surface area contributed by atoms with E-state index in [4.69, 9.17) is 11.6 Å². The molecule has 0 unspecified atom stereocenters. The first-order valence-electron chi connectivity index (χ1n) is 2.86. The maximum Gasteiger partial charge on any atom is 0.0671 e. The van der Waals surface area contributed by atoms with Crippen LogP contribution in [0.25, 0.3) is 10.9 Å². The van der Waals surface area contributed by atoms with Gasteiger partial charge in [-0.25, -0.2) is 0 Å². The molecule has 1 radical (unpaired) electrons. The molecule has 10 heavy (non-hydrogen) atoms. The van der Waals surface area contributed by atoms with Gasteiger partial charge in [-0.2, -0.15) is 5.10 Å². The van der Waals surface area contributed by atoms with Crippen LogP contribution in [-0.4, -0.2) is 10.2 Å². The van der Waals surface area contributed by atoms with Gasteiger partial charge in [-0.3, -0.25) is 5.10 Å². The minimum absolute atomic E-state index is 0.686. The summed E-state index contributed by atoms with van der Waals surface area (Å²) in [7, 11) is 0. The molecule has 0 atom stereocenters. The van der Waals surface area contributed by atoms with E-state index in [1.807, 2.05) is 6.07 Å². The average Bonchev–Trinajstić information content (AvgIpc) is 2.36. The smallest absolute Gasteiger partial charge is 0.0671 e. The van der Waals surface area contributed by atoms with Gasteiger partial charge in [-0.1, -0.05) is 11.6 Å². The highest BCUT2D eigenvalue weighted by Gasteiger charge is 1.97. The summed E-state index contributed by atoms with van der Waals surface area (Å²) in [6.07, 6.45) is 1.70. The first-order chi connectivity index (χ1) is 4.88. The lowest BCUT2D eigenvalue weighted by Crippen LogP contribution is -1.67. The monoisotopic (exact) mass is 151 g/mol. The van der Waals surface area contributed by atoms with Crippen molar-refractivity contribution in [1.29, 1.82) is 0 Å². The Hall–Kier alpha value is -1.02. The molecule has 0 amide bonds. The van der Waals surface area contributed by atoms with Crippen molar-refractivity contribution in [1.82, 2.24) is 10.2 Å². The number of benzene rings is 1. The fraction of sp³-hybridized carbons (Fsp3) is 0. The van der Waals surface area contributed by atoms with Crippen LogP contribution >= 0.6 is 11.6 Å². The number of hydrogen-bond donors (Lipinski definition) is 1. The Morgan fingerprint density at radius 2 is 2.40 bits per heavy atom. The van der Waals surface area contributed by atoms with Crippen molar-refractivity contribution >= 4 is 22.5 Å². The molecule has 2 rings (SSSR count). The van der Waals surface area contributed by atoms with Gasteiger partial charge >= 0.3 is 0 Å². The number of nitrogens with one attached hydrogen (secondary N) is 1. The van der Waals surface area contributed by atoms with E-state index in [0.29, 0.717) is 5.02 Å². The van der Waals surface area contributed by atoms with Gasteiger partial charge in [-0.05, 0) is 18.2 Å². The van der Waals surface area contributed by atoms with E-state index < -0.39 is 0 Å². The molecular formula is C7H4ClN2. The molecule has 49 valence electrons. The van der Waals surface area contributed by atoms with Gasteiger partial charge in [0.05, 0.1) is 16.7 Å². The Balaban J connectivity index is 2.95. The fourth-order valence-corrected chi connectivity index (χ4v) is 1.09. The van der Waals surface area contributed by atoms with E-state index in [1.165, 1.54) is 0 Å². The quantitative estimate of drug-likeness (QED) is 0.613. The summed E-state index contributed by atoms with van der Waals surface area (Å²) in [5, 5.41) is 8.26. The van der Waals surface area contributed by atoms with Crippen molar-refractivity contribution in [3.05, 3.63) is 29.4 Å². The summed E-state index contributed by atoms with van der Waals surface area (Å²) in [5.74, 6) is 0. The predicted octanol–water partition coefficient (Wildman–Crippen LogP) is 2.02. The van der Waals surface area contributed by atoms with Crippen LogP contribution in [0.4, 0.5) is 0 Å². The largest absolute Gasteiger partial charge is 0.278 e. The lowest BCUT2D eigenvalue weighted by molar-refractivity contribution is 1.12. The highest BCUT2D eigenvalue weighted by atomic mass is 35.5. The average molecular weight is 152 g/mol. The predicted molar refractivity (Wildman–Crippen MR) is 39.9 cm³/mol. The molecule has 0 saturated carbocycles. The van der Waals surface area contributed by atoms with Crippen molar-refractivity contribution in [2.45, 2.75) is 0 Å². The number of rotatable bonds is 0. The lowest BCUT2D eigenvalue weighted by Gasteiger charge is -1.87. The van der Waals surface area contributed by atoms with E-state index in [2.05, 4.69) is 16.3 Å². The van der Waals surface area contributed by atoms with Gasteiger partial charge in [-0.15, -0.1) is 0 Å². The van der Waals surface area contributed by atoms with Gasteiger partial charge in [0, 0.05) is 5.39 Å². The molecule has 1 aromatic heterocycles. The van der Waals surface area contributed by atoms with Crippen molar-refractivity contribution < 1.29 is 0 Å². The van der Waals surface area contributed by atoms with Crippen LogP contribution in [0, 0.1) is 6.07 Å². The normalized spacial score (nSPS) is 10.5. The first-order valence-corrected chi connectivity index (χ1v) is 3.24. The molecule has 0 fully saturated rings. The summed E-state index contributed by atoms with van der Waals surface area (Å²) in [6.45, 7) is 0. The van der Waals surface area contributed by atoms with Crippen molar-refractivity contribution in [2.75, 3.05) is 0 Å². The molecule has 1 heterocycles. The van der Waals surface area contributed by atoms with E-state index in [0.717, 1.165) is 10.9 Å². The van der Waals surface area contributed by atoms with Crippen molar-refractivity contribution in [3.63, 3.8) is 0 Å². The number of fused-ring (bicyclic) bond motifs is 1. The number of H-pyrrole nitrogens is 1. The molecular weight excluding hydrogens is 148 g/mol. The third-order valence-electron chi connectivity index (χ3n) is 1.36. The Kier molecular flexibility index (Phi) is 1.14. The van der Waals surface area contributed by atoms with Gasteiger partial charge in [0.25, 0.3) is 0 Å². The zero-order valence-electron chi connectivity index (χ0n) is 5.06. The molecule has 2 nitrogen and oxygen atoms in total. The topological polar surface area (TPSA) is 28.7 Å². The summed E-state index contributed by atoms with van der Waals surface area (Å²) in [6, 6.07) is 6.42. The highest BCUT2D eigenvalue weighted by Crippen LogP contribution is 2.19. The van der Waals surface area contributed by atoms with Crippen LogP contribution in [0.5, 0.6) is 0 Å². The number of aromatic amines is 1. The number of aromatic nitrogens is 2. The highest BCUT2D eigenvalue weighted by molar-refractivity contribution is 6.35. The van der Waals surface area contributed by atoms with Crippen LogP contribution < -0.4 is 0 Å². The van der Waals surface area contributed by atoms with E-state index in [-0.39, 0.29) is 0 Å². The molecule has 0 bridgehead atoms. The molecule has 0 aliphatic heterocycles. The lowest BCUT2D eigenvalue weighted by atomic mass is 10.3. The van der Waals surface area contributed by atoms with Crippen LogP contribution in [-0.2, 0) is 0 Å². The van der Waals surface area contributed by atoms with Gasteiger partial charge in [0.1, 0.15) is 0 Å². The van der Waals surface area contributed by atoms with Crippen LogP contribution in [0.15, 0.2) is 18.3 Å². The number of hydrogen-bond acceptors (Lipinski definition) is 1. The first kappa shape index (κ1) is 5.74. The second-order valence-electron chi connectivity index (χ2n) is 2.00. The molecule has 0 saturated heterocycles. The maximum absolute atomic E-state index is 5.81. The summed E-state index contributed by atoms with van der Waals surface area (Å²) >= 11 is 5.81. The van der Waals surface area contributed by atoms with Crippen LogP contribution in [0.1, 0.15) is 0 Å². The molecule has 3 heteroatoms.